The molecule has 0 unspecified atom stereocenters. The average molecular weight is 320 g/mol. The van der Waals surface area contributed by atoms with Crippen LogP contribution in [-0.4, -0.2) is 76.0 Å². The van der Waals surface area contributed by atoms with Crippen LogP contribution in [0.5, 0.6) is 0 Å². The lowest BCUT2D eigenvalue weighted by molar-refractivity contribution is 0.0939. The van der Waals surface area contributed by atoms with Gasteiger partial charge in [0.25, 0.3) is 11.8 Å². The van der Waals surface area contributed by atoms with Crippen molar-refractivity contribution < 1.29 is 9.59 Å². The highest BCUT2D eigenvalue weighted by atomic mass is 16.2. The van der Waals surface area contributed by atoms with Gasteiger partial charge >= 0.3 is 0 Å². The van der Waals surface area contributed by atoms with Crippen LogP contribution < -0.4 is 10.6 Å². The predicted molar refractivity (Wildman–Crippen MR) is 92.8 cm³/mol. The maximum atomic E-state index is 12.0. The van der Waals surface area contributed by atoms with Crippen molar-refractivity contribution in [2.75, 3.05) is 54.4 Å². The van der Waals surface area contributed by atoms with Crippen LogP contribution in [0.4, 0.5) is 0 Å². The molecule has 0 radical (unpaired) electrons. The molecule has 0 fully saturated rings. The number of amides is 2. The quantitative estimate of drug-likeness (QED) is 0.656. The van der Waals surface area contributed by atoms with E-state index in [1.165, 1.54) is 0 Å². The molecule has 0 saturated carbocycles. The van der Waals surface area contributed by atoms with Crippen molar-refractivity contribution in [2.45, 2.75) is 6.42 Å². The lowest BCUT2D eigenvalue weighted by atomic mass is 10.1. The number of carbonyl (C=O) groups excluding carboxylic acids is 2. The van der Waals surface area contributed by atoms with Gasteiger partial charge in [-0.15, -0.1) is 0 Å². The molecule has 0 bridgehead atoms. The van der Waals surface area contributed by atoms with Crippen LogP contribution in [0.25, 0.3) is 0 Å². The molecule has 0 heterocycles. The number of benzene rings is 1. The second-order valence-corrected chi connectivity index (χ2v) is 6.05. The Hall–Kier alpha value is -1.92. The fourth-order valence-corrected chi connectivity index (χ4v) is 1.97. The Balaban J connectivity index is 2.42. The minimum absolute atomic E-state index is 0.108. The zero-order valence-corrected chi connectivity index (χ0v) is 14.6. The second kappa shape index (κ2) is 9.97. The Kier molecular flexibility index (Phi) is 8.29. The molecular weight excluding hydrogens is 292 g/mol. The second-order valence-electron chi connectivity index (χ2n) is 6.05. The van der Waals surface area contributed by atoms with E-state index in [9.17, 15) is 9.59 Å². The predicted octanol–water partition coefficient (Wildman–Crippen LogP) is 0.660. The third-order valence-electron chi connectivity index (χ3n) is 3.32. The highest BCUT2D eigenvalue weighted by Crippen LogP contribution is 2.04. The standard InChI is InChI=1S/C17H28N4O2/c1-20(2)12-5-10-18-16(22)14-6-8-15(9-7-14)17(23)19-11-13-21(3)4/h6-9H,5,10-13H2,1-4H3,(H,18,22)(H,19,23). The van der Waals surface area contributed by atoms with Crippen molar-refractivity contribution in [3.63, 3.8) is 0 Å². The molecule has 0 spiro atoms. The zero-order chi connectivity index (χ0) is 17.2. The Labute approximate surface area is 138 Å². The lowest BCUT2D eigenvalue weighted by Gasteiger charge is -2.11. The lowest BCUT2D eigenvalue weighted by Crippen LogP contribution is -2.31. The molecule has 0 atom stereocenters. The average Bonchev–Trinajstić information content (AvgIpc) is 2.51. The highest BCUT2D eigenvalue weighted by Gasteiger charge is 2.08. The number of rotatable bonds is 9. The van der Waals surface area contributed by atoms with Crippen LogP contribution in [0.2, 0.25) is 0 Å². The zero-order valence-electron chi connectivity index (χ0n) is 14.6. The number of hydrogen-bond acceptors (Lipinski definition) is 4. The van der Waals surface area contributed by atoms with Crippen LogP contribution in [-0.2, 0) is 0 Å². The smallest absolute Gasteiger partial charge is 0.251 e. The van der Waals surface area contributed by atoms with Gasteiger partial charge in [0.1, 0.15) is 0 Å². The fraction of sp³-hybridized carbons (Fsp3) is 0.529. The van der Waals surface area contributed by atoms with Gasteiger partial charge < -0.3 is 20.4 Å². The van der Waals surface area contributed by atoms with E-state index in [-0.39, 0.29) is 11.8 Å². The number of carbonyl (C=O) groups is 2. The summed E-state index contributed by atoms with van der Waals surface area (Å²) in [5, 5.41) is 5.72. The molecule has 0 saturated heterocycles. The third-order valence-corrected chi connectivity index (χ3v) is 3.32. The molecule has 6 nitrogen and oxygen atoms in total. The van der Waals surface area contributed by atoms with E-state index in [0.29, 0.717) is 24.2 Å². The van der Waals surface area contributed by atoms with E-state index >= 15 is 0 Å². The first-order chi connectivity index (χ1) is 10.9. The molecule has 0 aliphatic heterocycles. The number of hydrogen-bond donors (Lipinski definition) is 2. The van der Waals surface area contributed by atoms with Crippen LogP contribution in [0.1, 0.15) is 27.1 Å². The van der Waals surface area contributed by atoms with E-state index in [4.69, 9.17) is 0 Å². The Morgan fingerprint density at radius 3 is 1.65 bits per heavy atom. The first-order valence-corrected chi connectivity index (χ1v) is 7.86. The van der Waals surface area contributed by atoms with Crippen LogP contribution >= 0.6 is 0 Å². The van der Waals surface area contributed by atoms with Gasteiger partial charge in [-0.1, -0.05) is 0 Å². The summed E-state index contributed by atoms with van der Waals surface area (Å²) in [4.78, 5) is 28.0. The van der Waals surface area contributed by atoms with E-state index in [2.05, 4.69) is 15.5 Å². The monoisotopic (exact) mass is 320 g/mol. The van der Waals surface area contributed by atoms with Gasteiger partial charge in [0.05, 0.1) is 0 Å². The van der Waals surface area contributed by atoms with Crippen LogP contribution in [0, 0.1) is 0 Å². The summed E-state index contributed by atoms with van der Waals surface area (Å²) >= 11 is 0. The van der Waals surface area contributed by atoms with Crippen molar-refractivity contribution in [3.05, 3.63) is 35.4 Å². The first kappa shape index (κ1) is 19.1. The molecule has 23 heavy (non-hydrogen) atoms. The van der Waals surface area contributed by atoms with E-state index < -0.39 is 0 Å². The van der Waals surface area contributed by atoms with E-state index in [0.717, 1.165) is 19.5 Å². The summed E-state index contributed by atoms with van der Waals surface area (Å²) < 4.78 is 0. The highest BCUT2D eigenvalue weighted by molar-refractivity contribution is 5.97. The molecular formula is C17H28N4O2. The Bertz CT molecular complexity index is 498. The van der Waals surface area contributed by atoms with Gasteiger partial charge in [0.15, 0.2) is 0 Å². The van der Waals surface area contributed by atoms with Gasteiger partial charge in [0.2, 0.25) is 0 Å². The van der Waals surface area contributed by atoms with Crippen molar-refractivity contribution in [1.29, 1.82) is 0 Å². The van der Waals surface area contributed by atoms with Crippen molar-refractivity contribution in [2.24, 2.45) is 0 Å². The first-order valence-electron chi connectivity index (χ1n) is 7.86. The van der Waals surface area contributed by atoms with Gasteiger partial charge in [-0.3, -0.25) is 9.59 Å². The van der Waals surface area contributed by atoms with Crippen molar-refractivity contribution in [3.8, 4) is 0 Å². The topological polar surface area (TPSA) is 64.7 Å². The molecule has 0 aromatic heterocycles. The maximum absolute atomic E-state index is 12.0. The minimum Gasteiger partial charge on any atom is -0.352 e. The Morgan fingerprint density at radius 1 is 0.783 bits per heavy atom. The Morgan fingerprint density at radius 2 is 1.22 bits per heavy atom. The normalized spacial score (nSPS) is 10.9. The van der Waals surface area contributed by atoms with Crippen molar-refractivity contribution >= 4 is 11.8 Å². The molecule has 1 aromatic rings. The van der Waals surface area contributed by atoms with E-state index in [1.807, 2.05) is 33.1 Å². The molecule has 0 aliphatic rings. The van der Waals surface area contributed by atoms with Crippen LogP contribution in [0.15, 0.2) is 24.3 Å². The molecule has 6 heteroatoms. The molecule has 1 rings (SSSR count). The maximum Gasteiger partial charge on any atom is 0.251 e. The van der Waals surface area contributed by atoms with Crippen LogP contribution in [0.3, 0.4) is 0 Å². The summed E-state index contributed by atoms with van der Waals surface area (Å²) in [6, 6.07) is 6.73. The molecule has 0 aliphatic carbocycles. The van der Waals surface area contributed by atoms with E-state index in [1.54, 1.807) is 24.3 Å². The molecule has 1 aromatic carbocycles. The van der Waals surface area contributed by atoms with Gasteiger partial charge in [-0.25, -0.2) is 0 Å². The number of likely N-dealkylation sites (N-methyl/N-ethyl adjacent to an activating group) is 1. The van der Waals surface area contributed by atoms with Gasteiger partial charge in [-0.2, -0.15) is 0 Å². The third kappa shape index (κ3) is 7.76. The molecule has 2 amide bonds. The number of nitrogens with one attached hydrogen (secondary N) is 2. The minimum atomic E-state index is -0.121. The van der Waals surface area contributed by atoms with Crippen molar-refractivity contribution in [1.82, 2.24) is 20.4 Å². The molecule has 2 N–H and O–H groups in total. The summed E-state index contributed by atoms with van der Waals surface area (Å²) in [7, 11) is 7.92. The molecule has 128 valence electrons. The van der Waals surface area contributed by atoms with Gasteiger partial charge in [-0.05, 0) is 65.4 Å². The van der Waals surface area contributed by atoms with Gasteiger partial charge in [0, 0.05) is 30.8 Å². The summed E-state index contributed by atoms with van der Waals surface area (Å²) in [5.41, 5.74) is 1.13. The fourth-order valence-electron chi connectivity index (χ4n) is 1.97. The number of nitrogens with zero attached hydrogens (tertiary/aromatic N) is 2. The summed E-state index contributed by atoms with van der Waals surface area (Å²) in [6.07, 6.45) is 0.908. The SMILES string of the molecule is CN(C)CCCNC(=O)c1ccc(C(=O)NCCN(C)C)cc1. The summed E-state index contributed by atoms with van der Waals surface area (Å²) in [5.74, 6) is -0.229. The summed E-state index contributed by atoms with van der Waals surface area (Å²) in [6.45, 7) is 2.97. The largest absolute Gasteiger partial charge is 0.352 e.